The summed E-state index contributed by atoms with van der Waals surface area (Å²) in [5.41, 5.74) is 0. The zero-order chi connectivity index (χ0) is 21.6. The van der Waals surface area contributed by atoms with Crippen LogP contribution in [-0.4, -0.2) is 89.7 Å². The molecule has 0 saturated carbocycles. The summed E-state index contributed by atoms with van der Waals surface area (Å²) in [6.45, 7) is 3.71. The summed E-state index contributed by atoms with van der Waals surface area (Å²) >= 11 is 0. The zero-order valence-electron chi connectivity index (χ0n) is 17.6. The number of hydrogen-bond acceptors (Lipinski definition) is 7. The summed E-state index contributed by atoms with van der Waals surface area (Å²) in [4.78, 5) is 14.4. The van der Waals surface area contributed by atoms with Gasteiger partial charge in [-0.15, -0.1) is 0 Å². The Labute approximate surface area is 178 Å². The summed E-state index contributed by atoms with van der Waals surface area (Å²) in [7, 11) is -1.01. The van der Waals surface area contributed by atoms with Gasteiger partial charge in [-0.2, -0.15) is 4.31 Å². The minimum absolute atomic E-state index is 0.0250. The van der Waals surface area contributed by atoms with Gasteiger partial charge in [0.05, 0.1) is 20.3 Å². The van der Waals surface area contributed by atoms with Crippen molar-refractivity contribution in [3.05, 3.63) is 18.2 Å². The minimum Gasteiger partial charge on any atom is -0.497 e. The van der Waals surface area contributed by atoms with E-state index in [1.807, 2.05) is 0 Å². The van der Waals surface area contributed by atoms with Crippen LogP contribution < -0.4 is 14.8 Å². The van der Waals surface area contributed by atoms with Gasteiger partial charge in [-0.3, -0.25) is 4.79 Å². The summed E-state index contributed by atoms with van der Waals surface area (Å²) in [6, 6.07) is 4.67. The highest BCUT2D eigenvalue weighted by molar-refractivity contribution is 7.89. The standard InChI is InChI=1S/C20H31N3O6S/c1-27-16-5-6-18(28-2)19(14-16)30(25,26)23(15-17-4-3-13-29-17)10-7-20(24)22-11-8-21-9-12-22/h5-6,14,17,21H,3-4,7-13,15H2,1-2H3/t17-/m1/s1. The highest BCUT2D eigenvalue weighted by Gasteiger charge is 2.32. The number of ether oxygens (including phenoxy) is 3. The molecule has 0 radical (unpaired) electrons. The third kappa shape index (κ3) is 5.42. The molecule has 2 aliphatic heterocycles. The van der Waals surface area contributed by atoms with Gasteiger partial charge in [0.1, 0.15) is 16.4 Å². The Kier molecular flexibility index (Phi) is 7.93. The maximum atomic E-state index is 13.6. The van der Waals surface area contributed by atoms with Crippen molar-refractivity contribution in [2.45, 2.75) is 30.3 Å². The Bertz CT molecular complexity index is 820. The summed E-state index contributed by atoms with van der Waals surface area (Å²) in [6.07, 6.45) is 1.65. The molecule has 30 heavy (non-hydrogen) atoms. The molecule has 1 amide bonds. The molecule has 1 aromatic carbocycles. The van der Waals surface area contributed by atoms with Crippen molar-refractivity contribution in [3.63, 3.8) is 0 Å². The second-order valence-corrected chi connectivity index (χ2v) is 9.30. The summed E-state index contributed by atoms with van der Waals surface area (Å²) in [5.74, 6) is 0.617. The zero-order valence-corrected chi connectivity index (χ0v) is 18.4. The molecule has 1 N–H and O–H groups in total. The Morgan fingerprint density at radius 1 is 1.27 bits per heavy atom. The fourth-order valence-corrected chi connectivity index (χ4v) is 5.39. The van der Waals surface area contributed by atoms with E-state index < -0.39 is 10.0 Å². The highest BCUT2D eigenvalue weighted by Crippen LogP contribution is 2.31. The first-order valence-corrected chi connectivity index (χ1v) is 11.7. The lowest BCUT2D eigenvalue weighted by atomic mass is 10.2. The number of sulfonamides is 1. The van der Waals surface area contributed by atoms with E-state index in [0.717, 1.165) is 25.9 Å². The Morgan fingerprint density at radius 3 is 2.67 bits per heavy atom. The molecular formula is C20H31N3O6S. The molecule has 9 nitrogen and oxygen atoms in total. The number of nitrogens with one attached hydrogen (secondary N) is 1. The van der Waals surface area contributed by atoms with E-state index in [0.29, 0.717) is 25.4 Å². The van der Waals surface area contributed by atoms with Crippen LogP contribution >= 0.6 is 0 Å². The van der Waals surface area contributed by atoms with Crippen LogP contribution in [0.3, 0.4) is 0 Å². The molecule has 168 valence electrons. The number of amides is 1. The monoisotopic (exact) mass is 441 g/mol. The molecule has 2 fully saturated rings. The summed E-state index contributed by atoms with van der Waals surface area (Å²) in [5, 5.41) is 3.21. The largest absolute Gasteiger partial charge is 0.497 e. The second-order valence-electron chi connectivity index (χ2n) is 7.40. The quantitative estimate of drug-likeness (QED) is 0.602. The molecule has 1 atom stereocenters. The summed E-state index contributed by atoms with van der Waals surface area (Å²) < 4.78 is 44.6. The molecule has 3 rings (SSSR count). The highest BCUT2D eigenvalue weighted by atomic mass is 32.2. The van der Waals surface area contributed by atoms with E-state index >= 15 is 0 Å². The van der Waals surface area contributed by atoms with E-state index in [1.165, 1.54) is 24.6 Å². The number of rotatable bonds is 9. The van der Waals surface area contributed by atoms with Crippen molar-refractivity contribution in [2.75, 3.05) is 60.1 Å². The van der Waals surface area contributed by atoms with E-state index in [-0.39, 0.29) is 42.2 Å². The number of hydrogen-bond donors (Lipinski definition) is 1. The van der Waals surface area contributed by atoms with E-state index in [2.05, 4.69) is 5.32 Å². The van der Waals surface area contributed by atoms with Crippen LogP contribution in [0.1, 0.15) is 19.3 Å². The minimum atomic E-state index is -3.93. The van der Waals surface area contributed by atoms with Gasteiger partial charge < -0.3 is 24.4 Å². The van der Waals surface area contributed by atoms with Crippen molar-refractivity contribution in [3.8, 4) is 11.5 Å². The second kappa shape index (κ2) is 10.4. The van der Waals surface area contributed by atoms with Crippen molar-refractivity contribution in [2.24, 2.45) is 0 Å². The SMILES string of the molecule is COc1ccc(OC)c(S(=O)(=O)N(CCC(=O)N2CCNCC2)C[C@H]2CCCO2)c1. The number of methoxy groups -OCH3 is 2. The third-order valence-electron chi connectivity index (χ3n) is 5.46. The number of benzene rings is 1. The van der Waals surface area contributed by atoms with E-state index in [9.17, 15) is 13.2 Å². The van der Waals surface area contributed by atoms with Gasteiger partial charge in [0.2, 0.25) is 15.9 Å². The van der Waals surface area contributed by atoms with Crippen LogP contribution in [0.5, 0.6) is 11.5 Å². The number of nitrogens with zero attached hydrogens (tertiary/aromatic N) is 2. The van der Waals surface area contributed by atoms with Gasteiger partial charge >= 0.3 is 0 Å². The molecule has 0 aromatic heterocycles. The van der Waals surface area contributed by atoms with Crippen molar-refractivity contribution in [1.82, 2.24) is 14.5 Å². The first kappa shape index (κ1) is 22.8. The van der Waals surface area contributed by atoms with Crippen LogP contribution in [0.25, 0.3) is 0 Å². The fourth-order valence-electron chi connectivity index (χ4n) is 3.74. The Morgan fingerprint density at radius 2 is 2.03 bits per heavy atom. The van der Waals surface area contributed by atoms with Crippen molar-refractivity contribution < 1.29 is 27.4 Å². The number of carbonyl (C=O) groups excluding carboxylic acids is 1. The molecule has 0 aliphatic carbocycles. The van der Waals surface area contributed by atoms with E-state index in [1.54, 1.807) is 17.0 Å². The van der Waals surface area contributed by atoms with Crippen molar-refractivity contribution in [1.29, 1.82) is 0 Å². The van der Waals surface area contributed by atoms with Crippen LogP contribution in [-0.2, 0) is 19.6 Å². The first-order chi connectivity index (χ1) is 14.5. The maximum absolute atomic E-state index is 13.6. The van der Waals surface area contributed by atoms with Crippen LogP contribution in [0, 0.1) is 0 Å². The van der Waals surface area contributed by atoms with Crippen LogP contribution in [0.2, 0.25) is 0 Å². The molecule has 1 aromatic rings. The average molecular weight is 442 g/mol. The van der Waals surface area contributed by atoms with Crippen molar-refractivity contribution >= 4 is 15.9 Å². The molecule has 2 heterocycles. The topological polar surface area (TPSA) is 97.4 Å². The van der Waals surface area contributed by atoms with Gasteiger partial charge in [0.15, 0.2) is 0 Å². The Balaban J connectivity index is 1.82. The third-order valence-corrected chi connectivity index (χ3v) is 7.35. The predicted octanol–water partition coefficient (Wildman–Crippen LogP) is 0.695. The van der Waals surface area contributed by atoms with Crippen LogP contribution in [0.15, 0.2) is 23.1 Å². The lowest BCUT2D eigenvalue weighted by molar-refractivity contribution is -0.131. The fraction of sp³-hybridized carbons (Fsp3) is 0.650. The predicted molar refractivity (Wildman–Crippen MR) is 111 cm³/mol. The molecule has 10 heteroatoms. The smallest absolute Gasteiger partial charge is 0.246 e. The molecule has 0 unspecified atom stereocenters. The van der Waals surface area contributed by atoms with Crippen LogP contribution in [0.4, 0.5) is 0 Å². The number of piperazine rings is 1. The first-order valence-electron chi connectivity index (χ1n) is 10.3. The molecule has 2 aliphatic rings. The maximum Gasteiger partial charge on any atom is 0.246 e. The normalized spacial score (nSPS) is 19.8. The molecule has 0 spiro atoms. The van der Waals surface area contributed by atoms with E-state index in [4.69, 9.17) is 14.2 Å². The lowest BCUT2D eigenvalue weighted by Crippen LogP contribution is -2.47. The Hall–Kier alpha value is -1.88. The van der Waals surface area contributed by atoms with Gasteiger partial charge in [-0.25, -0.2) is 8.42 Å². The van der Waals surface area contributed by atoms with Gasteiger partial charge in [-0.05, 0) is 25.0 Å². The number of carbonyl (C=O) groups is 1. The molecule has 0 bridgehead atoms. The van der Waals surface area contributed by atoms with Gasteiger partial charge in [0, 0.05) is 58.4 Å². The van der Waals surface area contributed by atoms with Gasteiger partial charge in [0.25, 0.3) is 0 Å². The van der Waals surface area contributed by atoms with Gasteiger partial charge in [-0.1, -0.05) is 0 Å². The molecule has 2 saturated heterocycles. The molecular weight excluding hydrogens is 410 g/mol. The average Bonchev–Trinajstić information content (AvgIpc) is 3.29. The lowest BCUT2D eigenvalue weighted by Gasteiger charge is -2.29.